The fourth-order valence-corrected chi connectivity index (χ4v) is 4.75. The molecule has 4 rings (SSSR count). The second-order valence-corrected chi connectivity index (χ2v) is 8.33. The van der Waals surface area contributed by atoms with Gasteiger partial charge in [-0.25, -0.2) is 0 Å². The van der Waals surface area contributed by atoms with Crippen LogP contribution in [0.5, 0.6) is 11.5 Å². The number of ether oxygens (including phenoxy) is 2. The predicted molar refractivity (Wildman–Crippen MR) is 119 cm³/mol. The van der Waals surface area contributed by atoms with Crippen LogP contribution in [0.2, 0.25) is 0 Å². The maximum Gasteiger partial charge on any atom is 0.228 e. The maximum atomic E-state index is 13.3. The molecule has 2 aromatic carbocycles. The summed E-state index contributed by atoms with van der Waals surface area (Å²) in [6.07, 6.45) is 5.75. The Labute approximate surface area is 183 Å². The zero-order valence-corrected chi connectivity index (χ0v) is 18.2. The highest BCUT2D eigenvalue weighted by Gasteiger charge is 2.45. The van der Waals surface area contributed by atoms with Gasteiger partial charge in [0, 0.05) is 18.2 Å². The number of hydrogen-bond donors (Lipinski definition) is 1. The Kier molecular flexibility index (Phi) is 6.44. The summed E-state index contributed by atoms with van der Waals surface area (Å²) in [4.78, 5) is 28.2. The summed E-state index contributed by atoms with van der Waals surface area (Å²) in [5.74, 6) is 0.951. The lowest BCUT2D eigenvalue weighted by molar-refractivity contribution is -0.127. The van der Waals surface area contributed by atoms with Crippen molar-refractivity contribution in [2.45, 2.75) is 50.6 Å². The summed E-state index contributed by atoms with van der Waals surface area (Å²) in [7, 11) is 3.24. The first-order chi connectivity index (χ1) is 15.1. The Bertz CT molecular complexity index is 904. The molecule has 1 saturated heterocycles. The molecule has 2 amide bonds. The zero-order valence-electron chi connectivity index (χ0n) is 18.2. The van der Waals surface area contributed by atoms with Crippen molar-refractivity contribution < 1.29 is 19.1 Å². The maximum absolute atomic E-state index is 13.3. The van der Waals surface area contributed by atoms with Crippen LogP contribution in [0, 0.1) is 5.92 Å². The number of rotatable bonds is 6. The highest BCUT2D eigenvalue weighted by molar-refractivity contribution is 6.01. The van der Waals surface area contributed by atoms with Crippen LogP contribution < -0.4 is 19.7 Å². The summed E-state index contributed by atoms with van der Waals surface area (Å²) in [6.45, 7) is 0. The highest BCUT2D eigenvalue weighted by atomic mass is 16.5. The number of methoxy groups -OCH3 is 2. The van der Waals surface area contributed by atoms with E-state index in [4.69, 9.17) is 9.47 Å². The second kappa shape index (κ2) is 9.41. The van der Waals surface area contributed by atoms with E-state index >= 15 is 0 Å². The number of nitrogens with one attached hydrogen (secondary N) is 1. The average Bonchev–Trinajstić information content (AvgIpc) is 3.17. The Morgan fingerprint density at radius 1 is 0.903 bits per heavy atom. The number of benzene rings is 2. The third-order valence-corrected chi connectivity index (χ3v) is 6.42. The van der Waals surface area contributed by atoms with Crippen molar-refractivity contribution in [3.05, 3.63) is 54.1 Å². The van der Waals surface area contributed by atoms with Gasteiger partial charge in [-0.3, -0.25) is 9.59 Å². The lowest BCUT2D eigenvalue weighted by atomic mass is 9.90. The first-order valence-electron chi connectivity index (χ1n) is 11.0. The van der Waals surface area contributed by atoms with E-state index in [0.29, 0.717) is 0 Å². The van der Waals surface area contributed by atoms with E-state index in [-0.39, 0.29) is 30.3 Å². The Hall–Kier alpha value is -3.02. The van der Waals surface area contributed by atoms with Crippen molar-refractivity contribution in [1.82, 2.24) is 5.32 Å². The Balaban J connectivity index is 1.65. The molecule has 1 N–H and O–H groups in total. The molecular formula is C25H30N2O4. The van der Waals surface area contributed by atoms with Crippen LogP contribution in [0.15, 0.2) is 48.5 Å². The fourth-order valence-electron chi connectivity index (χ4n) is 4.75. The van der Waals surface area contributed by atoms with Gasteiger partial charge >= 0.3 is 0 Å². The van der Waals surface area contributed by atoms with Gasteiger partial charge in [-0.15, -0.1) is 0 Å². The van der Waals surface area contributed by atoms with E-state index < -0.39 is 5.92 Å². The van der Waals surface area contributed by atoms with Crippen LogP contribution in [0.3, 0.4) is 0 Å². The lowest BCUT2D eigenvalue weighted by Crippen LogP contribution is -2.41. The van der Waals surface area contributed by atoms with Gasteiger partial charge in [-0.1, -0.05) is 31.4 Å². The van der Waals surface area contributed by atoms with Gasteiger partial charge in [0.15, 0.2) is 0 Å². The molecule has 0 spiro atoms. The zero-order chi connectivity index (χ0) is 21.8. The molecule has 31 heavy (non-hydrogen) atoms. The minimum absolute atomic E-state index is 0.0305. The number of carbonyl (C=O) groups is 2. The van der Waals surface area contributed by atoms with Crippen molar-refractivity contribution in [3.8, 4) is 11.5 Å². The highest BCUT2D eigenvalue weighted by Crippen LogP contribution is 2.42. The standard InChI is InChI=1S/C25H30N2O4/c1-30-20-12-8-17(9-13-20)24-22(25(29)26-18-6-4-3-5-7-18)16-23(28)27(24)19-10-14-21(31-2)15-11-19/h8-15,18,22,24H,3-7,16H2,1-2H3,(H,26,29)/t22-,24+/m0/s1. The second-order valence-electron chi connectivity index (χ2n) is 8.33. The molecule has 1 saturated carbocycles. The normalized spacial score (nSPS) is 21.7. The van der Waals surface area contributed by atoms with Crippen LogP contribution in [0.4, 0.5) is 5.69 Å². The van der Waals surface area contributed by atoms with Gasteiger partial charge in [-0.2, -0.15) is 0 Å². The van der Waals surface area contributed by atoms with E-state index in [1.54, 1.807) is 19.1 Å². The van der Waals surface area contributed by atoms with E-state index in [1.807, 2.05) is 48.5 Å². The predicted octanol–water partition coefficient (Wildman–Crippen LogP) is 4.25. The topological polar surface area (TPSA) is 67.9 Å². The molecule has 6 nitrogen and oxygen atoms in total. The van der Waals surface area contributed by atoms with E-state index in [0.717, 1.165) is 48.4 Å². The SMILES string of the molecule is COc1ccc([C@@H]2[C@@H](C(=O)NC3CCCCC3)CC(=O)N2c2ccc(OC)cc2)cc1. The van der Waals surface area contributed by atoms with Gasteiger partial charge in [-0.05, 0) is 54.8 Å². The molecule has 2 atom stereocenters. The summed E-state index contributed by atoms with van der Waals surface area (Å²) < 4.78 is 10.5. The molecular weight excluding hydrogens is 392 g/mol. The van der Waals surface area contributed by atoms with Gasteiger partial charge in [0.25, 0.3) is 0 Å². The molecule has 0 radical (unpaired) electrons. The summed E-state index contributed by atoms with van der Waals surface area (Å²) in [6, 6.07) is 14.9. The van der Waals surface area contributed by atoms with Crippen molar-refractivity contribution >= 4 is 17.5 Å². The Morgan fingerprint density at radius 2 is 1.48 bits per heavy atom. The number of anilines is 1. The van der Waals surface area contributed by atoms with Crippen LogP contribution in [0.25, 0.3) is 0 Å². The summed E-state index contributed by atoms with van der Waals surface area (Å²) >= 11 is 0. The number of carbonyl (C=O) groups excluding carboxylic acids is 2. The third kappa shape index (κ3) is 4.53. The van der Waals surface area contributed by atoms with Crippen molar-refractivity contribution in [3.63, 3.8) is 0 Å². The minimum Gasteiger partial charge on any atom is -0.497 e. The minimum atomic E-state index is -0.440. The average molecular weight is 423 g/mol. The smallest absolute Gasteiger partial charge is 0.228 e. The molecule has 2 fully saturated rings. The van der Waals surface area contributed by atoms with Crippen LogP contribution in [0.1, 0.15) is 50.1 Å². The van der Waals surface area contributed by atoms with Crippen molar-refractivity contribution in [2.24, 2.45) is 5.92 Å². The molecule has 0 bridgehead atoms. The van der Waals surface area contributed by atoms with Gasteiger partial charge in [0.05, 0.1) is 26.2 Å². The van der Waals surface area contributed by atoms with Crippen molar-refractivity contribution in [1.29, 1.82) is 0 Å². The van der Waals surface area contributed by atoms with Crippen LogP contribution in [-0.4, -0.2) is 32.1 Å². The van der Waals surface area contributed by atoms with E-state index in [1.165, 1.54) is 6.42 Å². The molecule has 1 aliphatic heterocycles. The number of amides is 2. The fraction of sp³-hybridized carbons (Fsp3) is 0.440. The van der Waals surface area contributed by atoms with Crippen LogP contribution in [-0.2, 0) is 9.59 Å². The Morgan fingerprint density at radius 3 is 2.06 bits per heavy atom. The van der Waals surface area contributed by atoms with Crippen LogP contribution >= 0.6 is 0 Å². The van der Waals surface area contributed by atoms with E-state index in [2.05, 4.69) is 5.32 Å². The molecule has 0 aromatic heterocycles. The van der Waals surface area contributed by atoms with Gasteiger partial charge in [0.1, 0.15) is 11.5 Å². The summed E-state index contributed by atoms with van der Waals surface area (Å²) in [5.41, 5.74) is 1.69. The summed E-state index contributed by atoms with van der Waals surface area (Å²) in [5, 5.41) is 3.23. The third-order valence-electron chi connectivity index (χ3n) is 6.42. The van der Waals surface area contributed by atoms with Gasteiger partial charge in [0.2, 0.25) is 11.8 Å². The molecule has 6 heteroatoms. The van der Waals surface area contributed by atoms with Crippen molar-refractivity contribution in [2.75, 3.05) is 19.1 Å². The molecule has 1 aliphatic carbocycles. The first kappa shape index (κ1) is 21.2. The molecule has 0 unspecified atom stereocenters. The molecule has 2 aromatic rings. The molecule has 164 valence electrons. The monoisotopic (exact) mass is 422 g/mol. The number of nitrogens with zero attached hydrogens (tertiary/aromatic N) is 1. The van der Waals surface area contributed by atoms with Gasteiger partial charge < -0.3 is 19.7 Å². The quantitative estimate of drug-likeness (QED) is 0.756. The largest absolute Gasteiger partial charge is 0.497 e. The number of hydrogen-bond acceptors (Lipinski definition) is 4. The molecule has 2 aliphatic rings. The first-order valence-corrected chi connectivity index (χ1v) is 11.0. The lowest BCUT2D eigenvalue weighted by Gasteiger charge is -2.30. The van der Waals surface area contributed by atoms with E-state index in [9.17, 15) is 9.59 Å². The molecule has 1 heterocycles.